The lowest BCUT2D eigenvalue weighted by Gasteiger charge is -2.27. The summed E-state index contributed by atoms with van der Waals surface area (Å²) in [5.41, 5.74) is 12.1. The quantitative estimate of drug-likeness (QED) is 0.176. The van der Waals surface area contributed by atoms with Crippen molar-refractivity contribution in [1.29, 1.82) is 0 Å². The molecule has 4 heterocycles. The van der Waals surface area contributed by atoms with E-state index in [2.05, 4.69) is 202 Å². The van der Waals surface area contributed by atoms with Crippen molar-refractivity contribution in [3.63, 3.8) is 0 Å². The van der Waals surface area contributed by atoms with E-state index >= 15 is 0 Å². The van der Waals surface area contributed by atoms with Gasteiger partial charge in [0.25, 0.3) is 0 Å². The molecule has 13 rings (SSSR count). The van der Waals surface area contributed by atoms with Crippen LogP contribution in [0.25, 0.3) is 96.7 Å². The van der Waals surface area contributed by atoms with E-state index in [1.807, 2.05) is 11.3 Å². The Morgan fingerprint density at radius 3 is 1.88 bits per heavy atom. The predicted molar refractivity (Wildman–Crippen MR) is 240 cm³/mol. The monoisotopic (exact) mass is 729 g/mol. The van der Waals surface area contributed by atoms with Gasteiger partial charge in [-0.3, -0.25) is 8.80 Å². The minimum Gasteiger partial charge on any atom is -0.308 e. The molecule has 0 atom stereocenters. The van der Waals surface area contributed by atoms with E-state index in [0.29, 0.717) is 0 Å². The van der Waals surface area contributed by atoms with Crippen LogP contribution in [0.2, 0.25) is 0 Å². The third kappa shape index (κ3) is 4.01. The molecule has 0 aliphatic heterocycles. The standard InChI is InChI=1S/C52H31N3S/c1-2-15-36-32(12-1)13-9-18-37(36)33-26-28-35(29-27-33)53(47-24-11-19-39-38-16-4-8-25-49(38)56-51(39)47)44-23-10-14-34-30-48-42(31-41(34)44)50-40-17-3-5-20-43(40)54-45-21-6-7-22-46(45)55(48)52(50)54/h1-31H. The fourth-order valence-corrected chi connectivity index (χ4v) is 10.8. The summed E-state index contributed by atoms with van der Waals surface area (Å²) in [7, 11) is 0. The first-order valence-electron chi connectivity index (χ1n) is 19.2. The van der Waals surface area contributed by atoms with Gasteiger partial charge in [-0.05, 0) is 87.9 Å². The molecular formula is C52H31N3S. The molecule has 0 aliphatic carbocycles. The van der Waals surface area contributed by atoms with Crippen LogP contribution in [-0.2, 0) is 0 Å². The van der Waals surface area contributed by atoms with E-state index in [9.17, 15) is 0 Å². The van der Waals surface area contributed by atoms with Crippen molar-refractivity contribution in [3.05, 3.63) is 188 Å². The number of rotatable bonds is 4. The fraction of sp³-hybridized carbons (Fsp3) is 0. The van der Waals surface area contributed by atoms with Crippen LogP contribution in [-0.4, -0.2) is 8.80 Å². The van der Waals surface area contributed by atoms with Gasteiger partial charge in [-0.2, -0.15) is 0 Å². The first-order valence-corrected chi connectivity index (χ1v) is 20.0. The Labute approximate surface area is 325 Å². The Kier molecular flexibility index (Phi) is 6.04. The topological polar surface area (TPSA) is 12.1 Å². The Bertz CT molecular complexity index is 3710. The number of fused-ring (bicyclic) bond motifs is 14. The summed E-state index contributed by atoms with van der Waals surface area (Å²) < 4.78 is 7.52. The summed E-state index contributed by atoms with van der Waals surface area (Å²) in [6, 6.07) is 69.4. The average molecular weight is 730 g/mol. The molecule has 4 heteroatoms. The van der Waals surface area contributed by atoms with Crippen molar-refractivity contribution >= 4 is 114 Å². The summed E-state index contributed by atoms with van der Waals surface area (Å²) >= 11 is 1.88. The first-order chi connectivity index (χ1) is 27.8. The summed E-state index contributed by atoms with van der Waals surface area (Å²) in [5.74, 6) is 0. The third-order valence-electron chi connectivity index (χ3n) is 12.0. The van der Waals surface area contributed by atoms with Gasteiger partial charge in [0.15, 0.2) is 0 Å². The summed E-state index contributed by atoms with van der Waals surface area (Å²) in [5, 5.41) is 11.4. The van der Waals surface area contributed by atoms with Gasteiger partial charge in [0, 0.05) is 42.7 Å². The van der Waals surface area contributed by atoms with Gasteiger partial charge < -0.3 is 4.90 Å². The second kappa shape index (κ2) is 11.2. The minimum atomic E-state index is 1.13. The van der Waals surface area contributed by atoms with Crippen molar-refractivity contribution in [3.8, 4) is 11.1 Å². The molecule has 0 fully saturated rings. The first kappa shape index (κ1) is 30.2. The van der Waals surface area contributed by atoms with Crippen molar-refractivity contribution < 1.29 is 0 Å². The second-order valence-electron chi connectivity index (χ2n) is 14.9. The van der Waals surface area contributed by atoms with Gasteiger partial charge in [-0.15, -0.1) is 11.3 Å². The summed E-state index contributed by atoms with van der Waals surface area (Å²) in [6.07, 6.45) is 0. The molecule has 0 bridgehead atoms. The molecule has 0 N–H and O–H groups in total. The van der Waals surface area contributed by atoms with Crippen LogP contribution in [0.1, 0.15) is 0 Å². The van der Waals surface area contributed by atoms with Gasteiger partial charge in [0.2, 0.25) is 0 Å². The Morgan fingerprint density at radius 1 is 0.393 bits per heavy atom. The average Bonchev–Trinajstić information content (AvgIpc) is 3.99. The molecule has 0 saturated heterocycles. The number of thiophene rings is 1. The molecule has 0 amide bonds. The van der Waals surface area contributed by atoms with Crippen LogP contribution >= 0.6 is 11.3 Å². The molecule has 4 aromatic heterocycles. The number of aromatic nitrogens is 2. The smallest absolute Gasteiger partial charge is 0.131 e. The number of benzene rings is 9. The molecule has 260 valence electrons. The summed E-state index contributed by atoms with van der Waals surface area (Å²) in [4.78, 5) is 2.50. The lowest BCUT2D eigenvalue weighted by Crippen LogP contribution is -2.10. The molecule has 0 unspecified atom stereocenters. The van der Waals surface area contributed by atoms with Gasteiger partial charge in [-0.1, -0.05) is 127 Å². The lowest BCUT2D eigenvalue weighted by atomic mass is 9.98. The predicted octanol–water partition coefficient (Wildman–Crippen LogP) is 14.9. The highest BCUT2D eigenvalue weighted by molar-refractivity contribution is 7.26. The van der Waals surface area contributed by atoms with Crippen molar-refractivity contribution in [2.45, 2.75) is 0 Å². The van der Waals surface area contributed by atoms with Crippen LogP contribution in [0, 0.1) is 0 Å². The summed E-state index contributed by atoms with van der Waals surface area (Å²) in [6.45, 7) is 0. The van der Waals surface area contributed by atoms with Crippen LogP contribution in [0.5, 0.6) is 0 Å². The van der Waals surface area contributed by atoms with Gasteiger partial charge >= 0.3 is 0 Å². The zero-order chi connectivity index (χ0) is 36.5. The van der Waals surface area contributed by atoms with Crippen LogP contribution in [0.15, 0.2) is 188 Å². The molecule has 0 spiro atoms. The zero-order valence-corrected chi connectivity index (χ0v) is 31.0. The normalized spacial score (nSPS) is 12.3. The van der Waals surface area contributed by atoms with E-state index in [1.165, 1.54) is 102 Å². The number of hydrogen-bond donors (Lipinski definition) is 0. The number of para-hydroxylation sites is 3. The Balaban J connectivity index is 1.10. The second-order valence-corrected chi connectivity index (χ2v) is 16.0. The van der Waals surface area contributed by atoms with Crippen LogP contribution in [0.4, 0.5) is 17.1 Å². The van der Waals surface area contributed by atoms with E-state index in [-0.39, 0.29) is 0 Å². The number of imidazole rings is 1. The molecule has 56 heavy (non-hydrogen) atoms. The SMILES string of the molecule is c1ccc2c(-c3ccc(N(c4cccc5cc6c(cc45)c4c5ccccc5n5c7ccccc7n6c45)c4cccc5c4sc4ccccc45)cc3)cccc2c1. The molecule has 0 aliphatic rings. The van der Waals surface area contributed by atoms with Crippen molar-refractivity contribution in [2.75, 3.05) is 4.90 Å². The highest BCUT2D eigenvalue weighted by Crippen LogP contribution is 2.48. The maximum absolute atomic E-state index is 2.50. The highest BCUT2D eigenvalue weighted by atomic mass is 32.1. The molecule has 0 saturated carbocycles. The molecule has 13 aromatic rings. The van der Waals surface area contributed by atoms with Gasteiger partial charge in [0.05, 0.1) is 38.1 Å². The van der Waals surface area contributed by atoms with Crippen molar-refractivity contribution in [2.24, 2.45) is 0 Å². The highest BCUT2D eigenvalue weighted by Gasteiger charge is 2.25. The Morgan fingerprint density at radius 2 is 1.02 bits per heavy atom. The maximum atomic E-state index is 2.50. The van der Waals surface area contributed by atoms with E-state index in [0.717, 1.165) is 11.4 Å². The molecule has 3 nitrogen and oxygen atoms in total. The van der Waals surface area contributed by atoms with E-state index in [4.69, 9.17) is 0 Å². The largest absolute Gasteiger partial charge is 0.308 e. The maximum Gasteiger partial charge on any atom is 0.131 e. The van der Waals surface area contributed by atoms with Crippen molar-refractivity contribution in [1.82, 2.24) is 8.80 Å². The van der Waals surface area contributed by atoms with Gasteiger partial charge in [0.1, 0.15) is 5.65 Å². The minimum absolute atomic E-state index is 1.13. The molecule has 0 radical (unpaired) electrons. The number of anilines is 3. The third-order valence-corrected chi connectivity index (χ3v) is 13.2. The van der Waals surface area contributed by atoms with Gasteiger partial charge in [-0.25, -0.2) is 0 Å². The Hall–Kier alpha value is -7.14. The van der Waals surface area contributed by atoms with E-state index < -0.39 is 0 Å². The zero-order valence-electron chi connectivity index (χ0n) is 30.1. The lowest BCUT2D eigenvalue weighted by molar-refractivity contribution is 1.29. The fourth-order valence-electron chi connectivity index (χ4n) is 9.61. The molecular weight excluding hydrogens is 699 g/mol. The van der Waals surface area contributed by atoms with E-state index in [1.54, 1.807) is 0 Å². The van der Waals surface area contributed by atoms with Crippen LogP contribution in [0.3, 0.4) is 0 Å². The van der Waals surface area contributed by atoms with Crippen LogP contribution < -0.4 is 4.90 Å². The number of hydrogen-bond acceptors (Lipinski definition) is 2. The molecule has 9 aromatic carbocycles. The number of nitrogens with zero attached hydrogens (tertiary/aromatic N) is 3.